The molecule has 25 heavy (non-hydrogen) atoms. The molecule has 0 saturated carbocycles. The van der Waals surface area contributed by atoms with Crippen LogP contribution < -0.4 is 9.62 Å². The molecular formula is C19H24N2O3S. The molecule has 0 spiro atoms. The second-order valence-corrected chi connectivity index (χ2v) is 8.25. The zero-order valence-corrected chi connectivity index (χ0v) is 15.7. The molecule has 0 radical (unpaired) electrons. The molecule has 0 bridgehead atoms. The average molecular weight is 360 g/mol. The van der Waals surface area contributed by atoms with Crippen molar-refractivity contribution in [3.63, 3.8) is 0 Å². The fraction of sp³-hybridized carbons (Fsp3) is 0.316. The molecule has 6 heteroatoms. The first-order valence-electron chi connectivity index (χ1n) is 8.19. The lowest BCUT2D eigenvalue weighted by Crippen LogP contribution is -2.37. The summed E-state index contributed by atoms with van der Waals surface area (Å²) >= 11 is 0. The summed E-state index contributed by atoms with van der Waals surface area (Å²) in [5.74, 6) is -0.137. The fourth-order valence-corrected chi connectivity index (χ4v) is 3.64. The maximum atomic E-state index is 13.0. The molecule has 1 N–H and O–H groups in total. The molecule has 2 aromatic rings. The first-order chi connectivity index (χ1) is 11.7. The number of hydrogen-bond donors (Lipinski definition) is 1. The number of nitrogens with zero attached hydrogens (tertiary/aromatic N) is 1. The van der Waals surface area contributed by atoms with E-state index in [1.807, 2.05) is 26.8 Å². The lowest BCUT2D eigenvalue weighted by molar-refractivity contribution is 0.0927. The van der Waals surface area contributed by atoms with Crippen LogP contribution >= 0.6 is 0 Å². The molecule has 2 aromatic carbocycles. The molecule has 134 valence electrons. The van der Waals surface area contributed by atoms with Gasteiger partial charge in [0.25, 0.3) is 15.9 Å². The third-order valence-electron chi connectivity index (χ3n) is 4.25. The Kier molecular flexibility index (Phi) is 5.85. The van der Waals surface area contributed by atoms with E-state index in [1.165, 1.54) is 23.5 Å². The van der Waals surface area contributed by atoms with Crippen molar-refractivity contribution in [3.8, 4) is 0 Å². The van der Waals surface area contributed by atoms with E-state index in [2.05, 4.69) is 5.32 Å². The third kappa shape index (κ3) is 4.20. The number of amides is 1. The maximum absolute atomic E-state index is 13.0. The van der Waals surface area contributed by atoms with Gasteiger partial charge in [0.05, 0.1) is 11.3 Å². The molecule has 0 unspecified atom stereocenters. The maximum Gasteiger partial charge on any atom is 0.264 e. The Bertz CT molecular complexity index is 833. The highest BCUT2D eigenvalue weighted by Gasteiger charge is 2.27. The first kappa shape index (κ1) is 19.0. The topological polar surface area (TPSA) is 66.5 Å². The van der Waals surface area contributed by atoms with Gasteiger partial charge in [-0.2, -0.15) is 0 Å². The van der Waals surface area contributed by atoms with Crippen molar-refractivity contribution < 1.29 is 13.2 Å². The Morgan fingerprint density at radius 1 is 0.960 bits per heavy atom. The molecule has 2 rings (SSSR count). The SMILES string of the molecule is CC(C)[C@@H](C)NC(=O)c1ccccc1S(=O)(=O)N(C)c1ccccc1. The van der Waals surface area contributed by atoms with Crippen LogP contribution in [0.25, 0.3) is 0 Å². The highest BCUT2D eigenvalue weighted by atomic mass is 32.2. The lowest BCUT2D eigenvalue weighted by Gasteiger charge is -2.22. The summed E-state index contributed by atoms with van der Waals surface area (Å²) in [7, 11) is -2.37. The van der Waals surface area contributed by atoms with Crippen molar-refractivity contribution in [2.45, 2.75) is 31.7 Å². The number of carbonyl (C=O) groups is 1. The molecule has 0 aliphatic heterocycles. The largest absolute Gasteiger partial charge is 0.349 e. The summed E-state index contributed by atoms with van der Waals surface area (Å²) in [4.78, 5) is 12.6. The predicted octanol–water partition coefficient (Wildman–Crippen LogP) is 3.29. The molecule has 0 saturated heterocycles. The first-order valence-corrected chi connectivity index (χ1v) is 9.63. The van der Waals surface area contributed by atoms with Crippen LogP contribution in [0.1, 0.15) is 31.1 Å². The van der Waals surface area contributed by atoms with Gasteiger partial charge in [-0.05, 0) is 37.1 Å². The summed E-state index contributed by atoms with van der Waals surface area (Å²) in [6, 6.07) is 15.0. The quantitative estimate of drug-likeness (QED) is 0.860. The number of anilines is 1. The Morgan fingerprint density at radius 3 is 2.12 bits per heavy atom. The molecule has 0 aromatic heterocycles. The Hall–Kier alpha value is -2.34. The van der Waals surface area contributed by atoms with Crippen molar-refractivity contribution >= 4 is 21.6 Å². The van der Waals surface area contributed by atoms with Gasteiger partial charge >= 0.3 is 0 Å². The van der Waals surface area contributed by atoms with Gasteiger partial charge in [-0.1, -0.05) is 44.2 Å². The number of nitrogens with one attached hydrogen (secondary N) is 1. The van der Waals surface area contributed by atoms with E-state index in [4.69, 9.17) is 0 Å². The monoisotopic (exact) mass is 360 g/mol. The lowest BCUT2D eigenvalue weighted by atomic mass is 10.1. The van der Waals surface area contributed by atoms with Gasteiger partial charge in [-0.15, -0.1) is 0 Å². The Labute approximate surface area is 149 Å². The van der Waals surface area contributed by atoms with Gasteiger partial charge in [0.2, 0.25) is 0 Å². The van der Waals surface area contributed by atoms with E-state index < -0.39 is 10.0 Å². The molecule has 1 amide bonds. The Balaban J connectivity index is 2.41. The van der Waals surface area contributed by atoms with Crippen molar-refractivity contribution in [1.82, 2.24) is 5.32 Å². The zero-order valence-electron chi connectivity index (χ0n) is 14.9. The molecular weight excluding hydrogens is 336 g/mol. The average Bonchev–Trinajstić information content (AvgIpc) is 2.61. The van der Waals surface area contributed by atoms with Gasteiger partial charge in [-0.3, -0.25) is 9.10 Å². The minimum absolute atomic E-state index is 0.00481. The second kappa shape index (κ2) is 7.70. The molecule has 0 aliphatic rings. The summed E-state index contributed by atoms with van der Waals surface area (Å²) in [6.45, 7) is 5.89. The van der Waals surface area contributed by atoms with Crippen LogP contribution in [0.2, 0.25) is 0 Å². The van der Waals surface area contributed by atoms with Crippen LogP contribution in [-0.4, -0.2) is 27.4 Å². The highest BCUT2D eigenvalue weighted by Crippen LogP contribution is 2.24. The molecule has 1 atom stereocenters. The minimum atomic E-state index is -3.85. The third-order valence-corrected chi connectivity index (χ3v) is 6.09. The van der Waals surface area contributed by atoms with Crippen LogP contribution in [0.4, 0.5) is 5.69 Å². The van der Waals surface area contributed by atoms with Gasteiger partial charge in [0, 0.05) is 13.1 Å². The number of sulfonamides is 1. The summed E-state index contributed by atoms with van der Waals surface area (Å²) in [6.07, 6.45) is 0. The van der Waals surface area contributed by atoms with Gasteiger partial charge < -0.3 is 5.32 Å². The van der Waals surface area contributed by atoms with Gasteiger partial charge in [0.15, 0.2) is 0 Å². The van der Waals surface area contributed by atoms with E-state index >= 15 is 0 Å². The van der Waals surface area contributed by atoms with Crippen molar-refractivity contribution in [3.05, 3.63) is 60.2 Å². The molecule has 5 nitrogen and oxygen atoms in total. The number of benzene rings is 2. The fourth-order valence-electron chi connectivity index (χ4n) is 2.25. The van der Waals surface area contributed by atoms with Crippen LogP contribution in [-0.2, 0) is 10.0 Å². The molecule has 0 aliphatic carbocycles. The molecule has 0 fully saturated rings. The summed E-state index contributed by atoms with van der Waals surface area (Å²) in [5.41, 5.74) is 0.686. The van der Waals surface area contributed by atoms with E-state index in [1.54, 1.807) is 36.4 Å². The summed E-state index contributed by atoms with van der Waals surface area (Å²) in [5, 5.41) is 2.86. The van der Waals surface area contributed by atoms with Crippen LogP contribution in [0.3, 0.4) is 0 Å². The van der Waals surface area contributed by atoms with Crippen molar-refractivity contribution in [1.29, 1.82) is 0 Å². The number of carbonyl (C=O) groups excluding carboxylic acids is 1. The highest BCUT2D eigenvalue weighted by molar-refractivity contribution is 7.92. The minimum Gasteiger partial charge on any atom is -0.349 e. The van der Waals surface area contributed by atoms with Crippen LogP contribution in [0.15, 0.2) is 59.5 Å². The van der Waals surface area contributed by atoms with Crippen LogP contribution in [0, 0.1) is 5.92 Å². The van der Waals surface area contributed by atoms with Gasteiger partial charge in [-0.25, -0.2) is 8.42 Å². The van der Waals surface area contributed by atoms with E-state index in [0.717, 1.165) is 0 Å². The van der Waals surface area contributed by atoms with Crippen LogP contribution in [0.5, 0.6) is 0 Å². The smallest absolute Gasteiger partial charge is 0.264 e. The standard InChI is InChI=1S/C19H24N2O3S/c1-14(2)15(3)20-19(22)17-12-8-9-13-18(17)25(23,24)21(4)16-10-6-5-7-11-16/h5-15H,1-4H3,(H,20,22)/t15-/m1/s1. The Morgan fingerprint density at radius 2 is 1.52 bits per heavy atom. The van der Waals surface area contributed by atoms with Crippen molar-refractivity contribution in [2.75, 3.05) is 11.4 Å². The zero-order chi connectivity index (χ0) is 18.6. The number of rotatable bonds is 6. The van der Waals surface area contributed by atoms with Gasteiger partial charge in [0.1, 0.15) is 4.90 Å². The summed E-state index contributed by atoms with van der Waals surface area (Å²) < 4.78 is 27.2. The number of hydrogen-bond acceptors (Lipinski definition) is 3. The van der Waals surface area contributed by atoms with Crippen molar-refractivity contribution in [2.24, 2.45) is 5.92 Å². The molecule has 0 heterocycles. The normalized spacial score (nSPS) is 12.7. The number of para-hydroxylation sites is 1. The van der Waals surface area contributed by atoms with E-state index in [-0.39, 0.29) is 28.3 Å². The van der Waals surface area contributed by atoms with E-state index in [0.29, 0.717) is 5.69 Å². The van der Waals surface area contributed by atoms with E-state index in [9.17, 15) is 13.2 Å². The predicted molar refractivity (Wildman–Crippen MR) is 100 cm³/mol. The second-order valence-electron chi connectivity index (χ2n) is 6.31.